The van der Waals surface area contributed by atoms with Gasteiger partial charge in [0.2, 0.25) is 0 Å². The predicted molar refractivity (Wildman–Crippen MR) is 106 cm³/mol. The van der Waals surface area contributed by atoms with Gasteiger partial charge in [-0.15, -0.1) is 0 Å². The normalized spacial score (nSPS) is 12.5. The molecule has 0 saturated carbocycles. The van der Waals surface area contributed by atoms with Crippen molar-refractivity contribution < 1.29 is 44.3 Å². The van der Waals surface area contributed by atoms with Crippen LogP contribution in [0.4, 0.5) is 45.2 Å². The first kappa shape index (κ1) is 25.8. The van der Waals surface area contributed by atoms with Crippen molar-refractivity contribution in [1.82, 2.24) is 4.57 Å². The molecule has 0 bridgehead atoms. The first-order chi connectivity index (χ1) is 16.1. The van der Waals surface area contributed by atoms with E-state index in [9.17, 15) is 49.1 Å². The predicted octanol–water partition coefficient (Wildman–Crippen LogP) is 6.21. The Kier molecular flexibility index (Phi) is 6.73. The smallest absolute Gasteiger partial charge is 0.322 e. The van der Waals surface area contributed by atoms with E-state index in [2.05, 4.69) is 5.32 Å². The molecule has 4 nitrogen and oxygen atoms in total. The van der Waals surface area contributed by atoms with Crippen LogP contribution in [0.3, 0.4) is 0 Å². The van der Waals surface area contributed by atoms with Crippen molar-refractivity contribution in [3.63, 3.8) is 0 Å². The molecular weight excluding hydrogens is 495 g/mol. The minimum Gasteiger partial charge on any atom is -0.322 e. The molecule has 2 aromatic carbocycles. The maximum Gasteiger partial charge on any atom is 0.416 e. The van der Waals surface area contributed by atoms with Crippen LogP contribution < -0.4 is 10.9 Å². The summed E-state index contributed by atoms with van der Waals surface area (Å²) in [7, 11) is 0. The van der Waals surface area contributed by atoms with Crippen LogP contribution >= 0.6 is 0 Å². The molecule has 0 spiro atoms. The van der Waals surface area contributed by atoms with Crippen molar-refractivity contribution in [1.29, 1.82) is 0 Å². The van der Waals surface area contributed by atoms with Crippen LogP contribution in [0.15, 0.2) is 65.6 Å². The molecule has 0 aliphatic rings. The Morgan fingerprint density at radius 1 is 0.743 bits per heavy atom. The molecule has 0 aliphatic heterocycles. The lowest BCUT2D eigenvalue weighted by Gasteiger charge is -2.15. The summed E-state index contributed by atoms with van der Waals surface area (Å²) in [5.41, 5.74) is -6.68. The van der Waals surface area contributed by atoms with Crippen molar-refractivity contribution >= 4 is 11.6 Å². The quantitative estimate of drug-likeness (QED) is 0.427. The van der Waals surface area contributed by atoms with Gasteiger partial charge in [0.15, 0.2) is 0 Å². The zero-order valence-corrected chi connectivity index (χ0v) is 17.1. The molecule has 1 heterocycles. The van der Waals surface area contributed by atoms with Crippen LogP contribution in [0.25, 0.3) is 0 Å². The molecule has 0 atom stereocenters. The second-order valence-corrected chi connectivity index (χ2v) is 7.30. The van der Waals surface area contributed by atoms with Gasteiger partial charge in [-0.1, -0.05) is 6.07 Å². The molecule has 35 heavy (non-hydrogen) atoms. The molecule has 186 valence electrons. The van der Waals surface area contributed by atoms with Crippen molar-refractivity contribution in [3.8, 4) is 0 Å². The van der Waals surface area contributed by atoms with Crippen molar-refractivity contribution in [2.45, 2.75) is 25.1 Å². The van der Waals surface area contributed by atoms with Gasteiger partial charge in [-0.05, 0) is 54.1 Å². The fraction of sp³-hybridized carbons (Fsp3) is 0.182. The Morgan fingerprint density at radius 2 is 1.31 bits per heavy atom. The summed E-state index contributed by atoms with van der Waals surface area (Å²) in [6.07, 6.45) is -13.8. The van der Waals surface area contributed by atoms with E-state index in [-0.39, 0.29) is 11.8 Å². The van der Waals surface area contributed by atoms with Crippen LogP contribution in [0.5, 0.6) is 0 Å². The number of pyridine rings is 1. The maximum absolute atomic E-state index is 13.1. The van der Waals surface area contributed by atoms with Crippen LogP contribution in [0.2, 0.25) is 0 Å². The van der Waals surface area contributed by atoms with Gasteiger partial charge in [-0.25, -0.2) is 0 Å². The highest BCUT2D eigenvalue weighted by molar-refractivity contribution is 6.04. The number of rotatable bonds is 4. The molecule has 0 unspecified atom stereocenters. The topological polar surface area (TPSA) is 51.1 Å². The standard InChI is InChI=1S/C22H13F9N2O2/c23-20(24,25)13-3-1-4-16(10-13)32-18(34)17-5-2-6-33(19(17)35)11-12-7-14(21(26,27)28)9-15(8-12)22(29,30)31/h1-10H,11H2,(H,32,34). The van der Waals surface area contributed by atoms with Gasteiger partial charge >= 0.3 is 18.5 Å². The molecule has 1 amide bonds. The maximum atomic E-state index is 13.1. The number of nitrogens with zero attached hydrogens (tertiary/aromatic N) is 1. The zero-order valence-electron chi connectivity index (χ0n) is 17.1. The molecule has 13 heteroatoms. The molecule has 0 radical (unpaired) electrons. The number of aromatic nitrogens is 1. The first-order valence-corrected chi connectivity index (χ1v) is 9.52. The largest absolute Gasteiger partial charge is 0.416 e. The lowest BCUT2D eigenvalue weighted by atomic mass is 10.0. The highest BCUT2D eigenvalue weighted by atomic mass is 19.4. The van der Waals surface area contributed by atoms with Crippen LogP contribution in [-0.2, 0) is 25.1 Å². The minimum atomic E-state index is -5.09. The lowest BCUT2D eigenvalue weighted by molar-refractivity contribution is -0.143. The number of benzene rings is 2. The summed E-state index contributed by atoms with van der Waals surface area (Å²) in [6, 6.07) is 6.51. The van der Waals surface area contributed by atoms with Crippen molar-refractivity contribution in [2.24, 2.45) is 0 Å². The number of hydrogen-bond acceptors (Lipinski definition) is 2. The second-order valence-electron chi connectivity index (χ2n) is 7.30. The SMILES string of the molecule is O=C(Nc1cccc(C(F)(F)F)c1)c1cccn(Cc2cc(C(F)(F)F)cc(C(F)(F)F)c2)c1=O. The Hall–Kier alpha value is -3.77. The highest BCUT2D eigenvalue weighted by Gasteiger charge is 2.37. The number of carbonyl (C=O) groups is 1. The number of amides is 1. The first-order valence-electron chi connectivity index (χ1n) is 9.52. The van der Waals surface area contributed by atoms with Crippen LogP contribution in [0, 0.1) is 0 Å². The summed E-state index contributed by atoms with van der Waals surface area (Å²) < 4.78 is 118. The Balaban J connectivity index is 1.93. The van der Waals surface area contributed by atoms with Crippen molar-refractivity contribution in [3.05, 3.63) is 99.0 Å². The third-order valence-electron chi connectivity index (χ3n) is 4.71. The summed E-state index contributed by atoms with van der Waals surface area (Å²) in [4.78, 5) is 25.1. The third kappa shape index (κ3) is 6.22. The van der Waals surface area contributed by atoms with Crippen LogP contribution in [0.1, 0.15) is 32.6 Å². The number of anilines is 1. The number of hydrogen-bond donors (Lipinski definition) is 1. The fourth-order valence-electron chi connectivity index (χ4n) is 3.11. The van der Waals surface area contributed by atoms with Gasteiger partial charge in [0.05, 0.1) is 23.2 Å². The average Bonchev–Trinajstić information content (AvgIpc) is 2.73. The molecule has 1 aromatic heterocycles. The Labute approximate surface area is 190 Å². The molecular formula is C22H13F9N2O2. The molecule has 1 N–H and O–H groups in total. The van der Waals surface area contributed by atoms with Crippen LogP contribution in [-0.4, -0.2) is 10.5 Å². The zero-order chi connectivity index (χ0) is 26.2. The summed E-state index contributed by atoms with van der Waals surface area (Å²) in [5.74, 6) is -1.12. The Bertz CT molecular complexity index is 1270. The number of alkyl halides is 9. The highest BCUT2D eigenvalue weighted by Crippen LogP contribution is 2.36. The second kappa shape index (κ2) is 9.12. The van der Waals surface area contributed by atoms with Gasteiger partial charge in [0.1, 0.15) is 5.56 Å². The van der Waals surface area contributed by atoms with E-state index in [1.54, 1.807) is 0 Å². The van der Waals surface area contributed by atoms with E-state index >= 15 is 0 Å². The van der Waals surface area contributed by atoms with Gasteiger partial charge in [-0.3, -0.25) is 9.59 Å². The number of halogens is 9. The molecule has 3 rings (SSSR count). The van der Waals surface area contributed by atoms with E-state index in [0.29, 0.717) is 22.8 Å². The number of nitrogens with one attached hydrogen (secondary N) is 1. The van der Waals surface area contributed by atoms with E-state index in [1.807, 2.05) is 0 Å². The molecule has 3 aromatic rings. The van der Waals surface area contributed by atoms with Crippen molar-refractivity contribution in [2.75, 3.05) is 5.32 Å². The molecule has 0 fully saturated rings. The van der Waals surface area contributed by atoms with E-state index in [4.69, 9.17) is 0 Å². The molecule has 0 saturated heterocycles. The summed E-state index contributed by atoms with van der Waals surface area (Å²) in [5, 5.41) is 2.11. The summed E-state index contributed by atoms with van der Waals surface area (Å²) in [6.45, 7) is -0.740. The monoisotopic (exact) mass is 508 g/mol. The fourth-order valence-corrected chi connectivity index (χ4v) is 3.11. The number of carbonyl (C=O) groups excluding carboxylic acids is 1. The third-order valence-corrected chi connectivity index (χ3v) is 4.71. The van der Waals surface area contributed by atoms with Gasteiger partial charge in [0, 0.05) is 11.9 Å². The molecule has 0 aliphatic carbocycles. The minimum absolute atomic E-state index is 0.0643. The van der Waals surface area contributed by atoms with E-state index in [0.717, 1.165) is 36.5 Å². The lowest BCUT2D eigenvalue weighted by Crippen LogP contribution is -2.29. The van der Waals surface area contributed by atoms with E-state index < -0.39 is 64.4 Å². The van der Waals surface area contributed by atoms with E-state index in [1.165, 1.54) is 0 Å². The average molecular weight is 508 g/mol. The van der Waals surface area contributed by atoms with Gasteiger partial charge in [-0.2, -0.15) is 39.5 Å². The van der Waals surface area contributed by atoms with Gasteiger partial charge < -0.3 is 9.88 Å². The Morgan fingerprint density at radius 3 is 1.86 bits per heavy atom. The van der Waals surface area contributed by atoms with Gasteiger partial charge in [0.25, 0.3) is 11.5 Å². The summed E-state index contributed by atoms with van der Waals surface area (Å²) >= 11 is 0.